The maximum atomic E-state index is 4.83. The molecule has 0 aromatic carbocycles. The highest BCUT2D eigenvalue weighted by molar-refractivity contribution is 5.24. The SMILES string of the molecule is CCCNCc1c(C)nn(C2CCCCCC2)c1C. The molecule has 0 saturated heterocycles. The van der Waals surface area contributed by atoms with E-state index in [9.17, 15) is 0 Å². The number of nitrogens with zero attached hydrogens (tertiary/aromatic N) is 2. The van der Waals surface area contributed by atoms with Crippen LogP contribution in [0.25, 0.3) is 0 Å². The van der Waals surface area contributed by atoms with E-state index in [2.05, 4.69) is 30.8 Å². The summed E-state index contributed by atoms with van der Waals surface area (Å²) in [4.78, 5) is 0. The van der Waals surface area contributed by atoms with Crippen molar-refractivity contribution in [1.29, 1.82) is 0 Å². The van der Waals surface area contributed by atoms with E-state index >= 15 is 0 Å². The van der Waals surface area contributed by atoms with Gasteiger partial charge in [-0.1, -0.05) is 32.6 Å². The lowest BCUT2D eigenvalue weighted by atomic mass is 10.1. The molecule has 0 spiro atoms. The molecule has 1 aromatic heterocycles. The van der Waals surface area contributed by atoms with Gasteiger partial charge >= 0.3 is 0 Å². The van der Waals surface area contributed by atoms with Crippen LogP contribution in [-0.2, 0) is 6.54 Å². The Hall–Kier alpha value is -0.830. The third-order valence-electron chi connectivity index (χ3n) is 4.37. The number of hydrogen-bond donors (Lipinski definition) is 1. The first-order chi connectivity index (χ1) is 9.24. The van der Waals surface area contributed by atoms with Gasteiger partial charge in [-0.05, 0) is 39.7 Å². The highest BCUT2D eigenvalue weighted by Crippen LogP contribution is 2.29. The van der Waals surface area contributed by atoms with Crippen LogP contribution in [-0.4, -0.2) is 16.3 Å². The van der Waals surface area contributed by atoms with Gasteiger partial charge in [0.05, 0.1) is 11.7 Å². The third-order valence-corrected chi connectivity index (χ3v) is 4.37. The topological polar surface area (TPSA) is 29.9 Å². The van der Waals surface area contributed by atoms with Gasteiger partial charge in [-0.25, -0.2) is 0 Å². The molecule has 3 nitrogen and oxygen atoms in total. The van der Waals surface area contributed by atoms with Crippen molar-refractivity contribution in [3.8, 4) is 0 Å². The van der Waals surface area contributed by atoms with Gasteiger partial charge in [0.25, 0.3) is 0 Å². The van der Waals surface area contributed by atoms with Crippen molar-refractivity contribution in [3.05, 3.63) is 17.0 Å². The first kappa shape index (κ1) is 14.6. The summed E-state index contributed by atoms with van der Waals surface area (Å²) in [6.07, 6.45) is 9.35. The predicted octanol–water partition coefficient (Wildman–Crippen LogP) is 3.89. The molecule has 1 fully saturated rings. The molecule has 3 heteroatoms. The molecular weight excluding hydrogens is 234 g/mol. The first-order valence-corrected chi connectivity index (χ1v) is 7.99. The standard InChI is InChI=1S/C16H29N3/c1-4-11-17-12-16-13(2)18-19(14(16)3)15-9-7-5-6-8-10-15/h15,17H,4-12H2,1-3H3. The van der Waals surface area contributed by atoms with E-state index in [1.165, 1.54) is 61.9 Å². The fraction of sp³-hybridized carbons (Fsp3) is 0.812. The minimum absolute atomic E-state index is 0.640. The van der Waals surface area contributed by atoms with Gasteiger partial charge in [-0.2, -0.15) is 5.10 Å². The Kier molecular flexibility index (Phi) is 5.44. The van der Waals surface area contributed by atoms with Gasteiger partial charge in [0.2, 0.25) is 0 Å². The second-order valence-electron chi connectivity index (χ2n) is 5.92. The molecule has 1 N–H and O–H groups in total. The van der Waals surface area contributed by atoms with E-state index in [0.29, 0.717) is 6.04 Å². The number of aryl methyl sites for hydroxylation is 1. The van der Waals surface area contributed by atoms with Crippen LogP contribution >= 0.6 is 0 Å². The molecule has 1 heterocycles. The van der Waals surface area contributed by atoms with E-state index in [4.69, 9.17) is 5.10 Å². The van der Waals surface area contributed by atoms with Gasteiger partial charge in [0.15, 0.2) is 0 Å². The molecule has 1 aliphatic rings. The summed E-state index contributed by atoms with van der Waals surface area (Å²) in [5.74, 6) is 0. The monoisotopic (exact) mass is 263 g/mol. The zero-order valence-electron chi connectivity index (χ0n) is 12.8. The van der Waals surface area contributed by atoms with Gasteiger partial charge in [-0.15, -0.1) is 0 Å². The fourth-order valence-corrected chi connectivity index (χ4v) is 3.20. The largest absolute Gasteiger partial charge is 0.313 e. The second kappa shape index (κ2) is 7.09. The molecule has 1 saturated carbocycles. The zero-order chi connectivity index (χ0) is 13.7. The van der Waals surface area contributed by atoms with Crippen LogP contribution in [0.3, 0.4) is 0 Å². The lowest BCUT2D eigenvalue weighted by Gasteiger charge is -2.17. The highest BCUT2D eigenvalue weighted by Gasteiger charge is 2.19. The molecule has 0 unspecified atom stereocenters. The van der Waals surface area contributed by atoms with Crippen molar-refractivity contribution in [1.82, 2.24) is 15.1 Å². The third kappa shape index (κ3) is 3.59. The molecule has 1 aliphatic carbocycles. The molecule has 2 rings (SSSR count). The van der Waals surface area contributed by atoms with Crippen LogP contribution in [0.15, 0.2) is 0 Å². The summed E-state index contributed by atoms with van der Waals surface area (Å²) < 4.78 is 2.32. The predicted molar refractivity (Wildman–Crippen MR) is 80.4 cm³/mol. The van der Waals surface area contributed by atoms with Gasteiger partial charge in [0, 0.05) is 17.8 Å². The second-order valence-corrected chi connectivity index (χ2v) is 5.92. The molecule has 108 valence electrons. The average molecular weight is 263 g/mol. The minimum Gasteiger partial charge on any atom is -0.313 e. The Labute approximate surface area is 117 Å². The van der Waals surface area contributed by atoms with Crippen molar-refractivity contribution >= 4 is 0 Å². The summed E-state index contributed by atoms with van der Waals surface area (Å²) in [7, 11) is 0. The van der Waals surface area contributed by atoms with E-state index in [0.717, 1.165) is 13.1 Å². The molecule has 19 heavy (non-hydrogen) atoms. The Bertz CT molecular complexity index is 387. The van der Waals surface area contributed by atoms with Gasteiger partial charge < -0.3 is 5.32 Å². The van der Waals surface area contributed by atoms with Crippen LogP contribution in [0.2, 0.25) is 0 Å². The average Bonchev–Trinajstić information content (AvgIpc) is 2.63. The Balaban J connectivity index is 2.10. The minimum atomic E-state index is 0.640. The molecule has 0 radical (unpaired) electrons. The molecular formula is C16H29N3. The molecule has 1 aromatic rings. The quantitative estimate of drug-likeness (QED) is 0.645. The maximum absolute atomic E-state index is 4.83. The van der Waals surface area contributed by atoms with Gasteiger partial charge in [-0.3, -0.25) is 4.68 Å². The molecule has 0 amide bonds. The molecule has 0 aliphatic heterocycles. The lowest BCUT2D eigenvalue weighted by molar-refractivity contribution is 0.396. The number of rotatable bonds is 5. The summed E-state index contributed by atoms with van der Waals surface area (Å²) >= 11 is 0. The number of hydrogen-bond acceptors (Lipinski definition) is 2. The Morgan fingerprint density at radius 1 is 1.16 bits per heavy atom. The summed E-state index contributed by atoms with van der Waals surface area (Å²) in [5.41, 5.74) is 4.01. The number of aromatic nitrogens is 2. The Morgan fingerprint density at radius 2 is 1.84 bits per heavy atom. The van der Waals surface area contributed by atoms with E-state index in [1.807, 2.05) is 0 Å². The first-order valence-electron chi connectivity index (χ1n) is 7.99. The van der Waals surface area contributed by atoms with Crippen LogP contribution in [0.4, 0.5) is 0 Å². The van der Waals surface area contributed by atoms with Crippen LogP contribution in [0, 0.1) is 13.8 Å². The highest BCUT2D eigenvalue weighted by atomic mass is 15.3. The lowest BCUT2D eigenvalue weighted by Crippen LogP contribution is -2.16. The van der Waals surface area contributed by atoms with Crippen LogP contribution < -0.4 is 5.32 Å². The Morgan fingerprint density at radius 3 is 2.47 bits per heavy atom. The normalized spacial score (nSPS) is 17.6. The van der Waals surface area contributed by atoms with Crippen LogP contribution in [0.1, 0.15) is 74.9 Å². The van der Waals surface area contributed by atoms with Crippen molar-refractivity contribution in [2.75, 3.05) is 6.54 Å². The summed E-state index contributed by atoms with van der Waals surface area (Å²) in [6, 6.07) is 0.640. The van der Waals surface area contributed by atoms with E-state index < -0.39 is 0 Å². The van der Waals surface area contributed by atoms with E-state index in [-0.39, 0.29) is 0 Å². The number of nitrogens with one attached hydrogen (secondary N) is 1. The zero-order valence-corrected chi connectivity index (χ0v) is 12.8. The van der Waals surface area contributed by atoms with Crippen molar-refractivity contribution in [2.24, 2.45) is 0 Å². The maximum Gasteiger partial charge on any atom is 0.0641 e. The van der Waals surface area contributed by atoms with Crippen molar-refractivity contribution in [3.63, 3.8) is 0 Å². The summed E-state index contributed by atoms with van der Waals surface area (Å²) in [6.45, 7) is 8.67. The smallest absolute Gasteiger partial charge is 0.0641 e. The van der Waals surface area contributed by atoms with E-state index in [1.54, 1.807) is 0 Å². The van der Waals surface area contributed by atoms with Gasteiger partial charge in [0.1, 0.15) is 0 Å². The van der Waals surface area contributed by atoms with Crippen molar-refractivity contribution < 1.29 is 0 Å². The fourth-order valence-electron chi connectivity index (χ4n) is 3.20. The van der Waals surface area contributed by atoms with Crippen LogP contribution in [0.5, 0.6) is 0 Å². The molecule has 0 atom stereocenters. The summed E-state index contributed by atoms with van der Waals surface area (Å²) in [5, 5.41) is 8.34. The van der Waals surface area contributed by atoms with Crippen molar-refractivity contribution in [2.45, 2.75) is 78.3 Å². The molecule has 0 bridgehead atoms.